The standard InChI is InChI=1S/C18H22N6O2/c1-18(2,3)26-17(25)24-10-8-23(9-11-24)16-5-4-15(21-22-19)14-12-20-7-6-13(14)16/h4-7,12H,8-11H2,1-3H3. The molecule has 0 unspecified atom stereocenters. The Bertz CT molecular complexity index is 862. The second-order valence-electron chi connectivity index (χ2n) is 7.17. The summed E-state index contributed by atoms with van der Waals surface area (Å²) < 4.78 is 5.44. The van der Waals surface area contributed by atoms with Crippen molar-refractivity contribution in [1.29, 1.82) is 0 Å². The van der Waals surface area contributed by atoms with Crippen molar-refractivity contribution in [3.8, 4) is 0 Å². The lowest BCUT2D eigenvalue weighted by Gasteiger charge is -2.37. The van der Waals surface area contributed by atoms with Crippen LogP contribution in [0.2, 0.25) is 0 Å². The molecular formula is C18H22N6O2. The first-order chi connectivity index (χ1) is 12.4. The SMILES string of the molecule is CC(C)(C)OC(=O)N1CCN(c2ccc(N=[N+]=[N-])c3cnccc23)CC1. The van der Waals surface area contributed by atoms with Crippen LogP contribution in [0.4, 0.5) is 16.2 Å². The number of ether oxygens (including phenoxy) is 1. The minimum absolute atomic E-state index is 0.273. The highest BCUT2D eigenvalue weighted by Crippen LogP contribution is 2.34. The number of aromatic nitrogens is 1. The van der Waals surface area contributed by atoms with Crippen LogP contribution in [0.5, 0.6) is 0 Å². The fourth-order valence-corrected chi connectivity index (χ4v) is 3.03. The minimum atomic E-state index is -0.492. The van der Waals surface area contributed by atoms with Crippen LogP contribution in [0.3, 0.4) is 0 Å². The summed E-state index contributed by atoms with van der Waals surface area (Å²) in [6, 6.07) is 5.68. The van der Waals surface area contributed by atoms with Crippen LogP contribution in [0.1, 0.15) is 20.8 Å². The molecule has 26 heavy (non-hydrogen) atoms. The van der Waals surface area contributed by atoms with Gasteiger partial charge in [0.15, 0.2) is 0 Å². The number of anilines is 1. The molecule has 1 aromatic heterocycles. The van der Waals surface area contributed by atoms with Gasteiger partial charge in [-0.1, -0.05) is 5.11 Å². The van der Waals surface area contributed by atoms with Gasteiger partial charge in [0.1, 0.15) is 5.60 Å². The number of piperazine rings is 1. The summed E-state index contributed by atoms with van der Waals surface area (Å²) in [5.74, 6) is 0. The van der Waals surface area contributed by atoms with Crippen molar-refractivity contribution < 1.29 is 9.53 Å². The van der Waals surface area contributed by atoms with Crippen LogP contribution < -0.4 is 4.90 Å². The zero-order valence-electron chi connectivity index (χ0n) is 15.2. The molecule has 1 aromatic carbocycles. The number of rotatable bonds is 2. The molecule has 3 rings (SSSR count). The molecule has 1 fully saturated rings. The number of fused-ring (bicyclic) bond motifs is 1. The minimum Gasteiger partial charge on any atom is -0.444 e. The van der Waals surface area contributed by atoms with E-state index in [0.29, 0.717) is 31.9 Å². The Morgan fingerprint density at radius 2 is 1.92 bits per heavy atom. The van der Waals surface area contributed by atoms with E-state index in [4.69, 9.17) is 10.3 Å². The first kappa shape index (κ1) is 17.8. The van der Waals surface area contributed by atoms with Gasteiger partial charge < -0.3 is 14.5 Å². The van der Waals surface area contributed by atoms with Crippen molar-refractivity contribution in [3.05, 3.63) is 41.0 Å². The normalized spacial score (nSPS) is 14.9. The molecular weight excluding hydrogens is 332 g/mol. The van der Waals surface area contributed by atoms with Gasteiger partial charge in [-0.25, -0.2) is 4.79 Å². The molecule has 0 atom stereocenters. The van der Waals surface area contributed by atoms with Crippen molar-refractivity contribution in [2.75, 3.05) is 31.1 Å². The third-order valence-electron chi connectivity index (χ3n) is 4.20. The summed E-state index contributed by atoms with van der Waals surface area (Å²) in [7, 11) is 0. The second-order valence-corrected chi connectivity index (χ2v) is 7.17. The predicted octanol–water partition coefficient (Wildman–Crippen LogP) is 4.23. The highest BCUT2D eigenvalue weighted by molar-refractivity contribution is 6.00. The van der Waals surface area contributed by atoms with Gasteiger partial charge in [0, 0.05) is 65.6 Å². The van der Waals surface area contributed by atoms with E-state index in [2.05, 4.69) is 19.9 Å². The smallest absolute Gasteiger partial charge is 0.410 e. The van der Waals surface area contributed by atoms with Crippen molar-refractivity contribution in [3.63, 3.8) is 0 Å². The third kappa shape index (κ3) is 3.81. The fourth-order valence-electron chi connectivity index (χ4n) is 3.03. The fraction of sp³-hybridized carbons (Fsp3) is 0.444. The second kappa shape index (κ2) is 7.09. The van der Waals surface area contributed by atoms with Gasteiger partial charge in [-0.15, -0.1) is 0 Å². The number of benzene rings is 1. The van der Waals surface area contributed by atoms with Gasteiger partial charge in [0.05, 0.1) is 0 Å². The molecule has 0 bridgehead atoms. The molecule has 0 aliphatic carbocycles. The molecule has 8 nitrogen and oxygen atoms in total. The van der Waals surface area contributed by atoms with Crippen molar-refractivity contribution in [1.82, 2.24) is 9.88 Å². The summed E-state index contributed by atoms with van der Waals surface area (Å²) >= 11 is 0. The van der Waals surface area contributed by atoms with E-state index in [1.165, 1.54) is 0 Å². The number of nitrogens with zero attached hydrogens (tertiary/aromatic N) is 6. The van der Waals surface area contributed by atoms with E-state index < -0.39 is 5.60 Å². The molecule has 0 saturated carbocycles. The van der Waals surface area contributed by atoms with Crippen molar-refractivity contribution in [2.24, 2.45) is 5.11 Å². The Hall–Kier alpha value is -2.99. The highest BCUT2D eigenvalue weighted by Gasteiger charge is 2.26. The quantitative estimate of drug-likeness (QED) is 0.458. The number of hydrogen-bond acceptors (Lipinski definition) is 5. The molecule has 0 radical (unpaired) electrons. The largest absolute Gasteiger partial charge is 0.444 e. The predicted molar refractivity (Wildman–Crippen MR) is 101 cm³/mol. The van der Waals surface area contributed by atoms with Crippen LogP contribution in [0, 0.1) is 0 Å². The zero-order chi connectivity index (χ0) is 18.7. The summed E-state index contributed by atoms with van der Waals surface area (Å²) in [6.07, 6.45) is 3.16. The molecule has 8 heteroatoms. The lowest BCUT2D eigenvalue weighted by Crippen LogP contribution is -2.50. The zero-order valence-corrected chi connectivity index (χ0v) is 15.2. The summed E-state index contributed by atoms with van der Waals surface area (Å²) in [5, 5.41) is 5.54. The van der Waals surface area contributed by atoms with Crippen molar-refractivity contribution in [2.45, 2.75) is 26.4 Å². The van der Waals surface area contributed by atoms with E-state index in [1.54, 1.807) is 23.4 Å². The summed E-state index contributed by atoms with van der Waals surface area (Å²) in [6.45, 7) is 8.21. The van der Waals surface area contributed by atoms with Crippen molar-refractivity contribution >= 4 is 28.2 Å². The number of azide groups is 1. The Labute approximate surface area is 152 Å². The van der Waals surface area contributed by atoms with E-state index in [9.17, 15) is 4.79 Å². The van der Waals surface area contributed by atoms with Gasteiger partial charge in [-0.3, -0.25) is 4.98 Å². The van der Waals surface area contributed by atoms with Gasteiger partial charge >= 0.3 is 6.09 Å². The molecule has 1 aliphatic rings. The lowest BCUT2D eigenvalue weighted by atomic mass is 10.1. The van der Waals surface area contributed by atoms with E-state index >= 15 is 0 Å². The first-order valence-corrected chi connectivity index (χ1v) is 8.54. The topological polar surface area (TPSA) is 94.4 Å². The maximum absolute atomic E-state index is 12.2. The van der Waals surface area contributed by atoms with Gasteiger partial charge in [0.2, 0.25) is 0 Å². The number of amides is 1. The molecule has 2 heterocycles. The van der Waals surface area contributed by atoms with E-state index in [1.807, 2.05) is 32.9 Å². The van der Waals surface area contributed by atoms with Gasteiger partial charge in [-0.2, -0.15) is 0 Å². The molecule has 0 spiro atoms. The number of hydrogen-bond donors (Lipinski definition) is 0. The summed E-state index contributed by atoms with van der Waals surface area (Å²) in [4.78, 5) is 23.2. The summed E-state index contributed by atoms with van der Waals surface area (Å²) in [5.41, 5.74) is 9.85. The van der Waals surface area contributed by atoms with Crippen LogP contribution in [0.25, 0.3) is 21.2 Å². The average Bonchev–Trinajstić information content (AvgIpc) is 2.61. The van der Waals surface area contributed by atoms with Crippen LogP contribution >= 0.6 is 0 Å². The molecule has 0 N–H and O–H groups in total. The lowest BCUT2D eigenvalue weighted by molar-refractivity contribution is 0.0241. The van der Waals surface area contributed by atoms with Gasteiger partial charge in [-0.05, 0) is 44.5 Å². The molecule has 2 aromatic rings. The van der Waals surface area contributed by atoms with Crippen LogP contribution in [-0.4, -0.2) is 47.8 Å². The molecule has 1 aliphatic heterocycles. The highest BCUT2D eigenvalue weighted by atomic mass is 16.6. The Kier molecular flexibility index (Phi) is 4.86. The molecule has 1 saturated heterocycles. The van der Waals surface area contributed by atoms with Crippen LogP contribution in [0.15, 0.2) is 35.7 Å². The third-order valence-corrected chi connectivity index (χ3v) is 4.20. The van der Waals surface area contributed by atoms with Gasteiger partial charge in [0.25, 0.3) is 0 Å². The van der Waals surface area contributed by atoms with E-state index in [-0.39, 0.29) is 6.09 Å². The molecule has 1 amide bonds. The average molecular weight is 354 g/mol. The van der Waals surface area contributed by atoms with Crippen LogP contribution in [-0.2, 0) is 4.74 Å². The Morgan fingerprint density at radius 1 is 1.19 bits per heavy atom. The number of pyridine rings is 1. The maximum Gasteiger partial charge on any atom is 0.410 e. The molecule has 136 valence electrons. The first-order valence-electron chi connectivity index (χ1n) is 8.54. The number of carbonyl (C=O) groups is 1. The van der Waals surface area contributed by atoms with E-state index in [0.717, 1.165) is 16.5 Å². The Morgan fingerprint density at radius 3 is 2.58 bits per heavy atom. The number of carbonyl (C=O) groups excluding carboxylic acids is 1. The Balaban J connectivity index is 1.79. The monoisotopic (exact) mass is 354 g/mol. The maximum atomic E-state index is 12.2.